The van der Waals surface area contributed by atoms with Crippen LogP contribution in [0.1, 0.15) is 13.8 Å². The second kappa shape index (κ2) is 12.7. The molecule has 0 aliphatic heterocycles. The second-order valence-electron chi connectivity index (χ2n) is 8.15. The standard InChI is InChI=1S/C27H28FN4O6P/c1-4-36-39(34,37-5-2)16-26(33)32-24-14-22-23(15-25(24)35-3)29-17-30-27(22)31-19-8-12-21(13-9-19)38-20-10-6-18(28)7-11-20/h6-15,17H,4-5,16H2,1-3H3,(H,32,33)(H,29,30,31). The van der Waals surface area contributed by atoms with Crippen LogP contribution >= 0.6 is 7.60 Å². The summed E-state index contributed by atoms with van der Waals surface area (Å²) in [4.78, 5) is 21.4. The number of rotatable bonds is 12. The first-order chi connectivity index (χ1) is 18.8. The average Bonchev–Trinajstić information content (AvgIpc) is 2.91. The lowest BCUT2D eigenvalue weighted by Gasteiger charge is -2.17. The first-order valence-electron chi connectivity index (χ1n) is 12.1. The van der Waals surface area contributed by atoms with Crippen LogP contribution in [-0.4, -0.2) is 42.4 Å². The number of hydrogen-bond donors (Lipinski definition) is 2. The molecule has 1 heterocycles. The summed E-state index contributed by atoms with van der Waals surface area (Å²) in [6, 6.07) is 16.2. The highest BCUT2D eigenvalue weighted by Gasteiger charge is 2.28. The van der Waals surface area contributed by atoms with Crippen molar-refractivity contribution in [2.45, 2.75) is 13.8 Å². The molecule has 3 aromatic carbocycles. The van der Waals surface area contributed by atoms with Crippen molar-refractivity contribution in [3.63, 3.8) is 0 Å². The number of fused-ring (bicyclic) bond motifs is 1. The third kappa shape index (κ3) is 7.29. The van der Waals surface area contributed by atoms with Crippen molar-refractivity contribution in [1.29, 1.82) is 0 Å². The monoisotopic (exact) mass is 554 g/mol. The summed E-state index contributed by atoms with van der Waals surface area (Å²) in [5.41, 5.74) is 1.64. The van der Waals surface area contributed by atoms with Gasteiger partial charge in [-0.15, -0.1) is 0 Å². The van der Waals surface area contributed by atoms with Crippen LogP contribution < -0.4 is 20.1 Å². The smallest absolute Gasteiger partial charge is 0.340 e. The molecule has 4 rings (SSSR count). The predicted octanol–water partition coefficient (Wildman–Crippen LogP) is 6.52. The van der Waals surface area contributed by atoms with Gasteiger partial charge >= 0.3 is 7.60 Å². The third-order valence-corrected chi connectivity index (χ3v) is 7.36. The molecule has 0 saturated heterocycles. The van der Waals surface area contributed by atoms with Crippen LogP contribution in [0.4, 0.5) is 21.6 Å². The number of anilines is 3. The number of ether oxygens (including phenoxy) is 2. The van der Waals surface area contributed by atoms with E-state index >= 15 is 0 Å². The third-order valence-electron chi connectivity index (χ3n) is 5.39. The lowest BCUT2D eigenvalue weighted by atomic mass is 10.2. The number of carbonyl (C=O) groups is 1. The summed E-state index contributed by atoms with van der Waals surface area (Å²) in [6.45, 7) is 3.65. The van der Waals surface area contributed by atoms with Crippen LogP contribution in [0.15, 0.2) is 67.0 Å². The quantitative estimate of drug-likeness (QED) is 0.189. The van der Waals surface area contributed by atoms with Gasteiger partial charge < -0.3 is 29.2 Å². The van der Waals surface area contributed by atoms with Crippen molar-refractivity contribution in [3.8, 4) is 17.2 Å². The van der Waals surface area contributed by atoms with Gasteiger partial charge in [-0.2, -0.15) is 0 Å². The van der Waals surface area contributed by atoms with Crippen LogP contribution in [0, 0.1) is 5.82 Å². The summed E-state index contributed by atoms with van der Waals surface area (Å²) >= 11 is 0. The van der Waals surface area contributed by atoms with Crippen LogP contribution in [-0.2, 0) is 18.4 Å². The SMILES string of the molecule is CCOP(=O)(CC(=O)Nc1cc2c(Nc3ccc(Oc4ccc(F)cc4)cc3)ncnc2cc1OC)OCC. The Morgan fingerprint density at radius 2 is 1.59 bits per heavy atom. The molecular weight excluding hydrogens is 526 g/mol. The molecule has 39 heavy (non-hydrogen) atoms. The molecule has 4 aromatic rings. The summed E-state index contributed by atoms with van der Waals surface area (Å²) in [7, 11) is -2.11. The molecule has 0 atom stereocenters. The minimum absolute atomic E-state index is 0.148. The lowest BCUT2D eigenvalue weighted by Crippen LogP contribution is -2.18. The molecule has 0 radical (unpaired) electrons. The molecule has 2 N–H and O–H groups in total. The minimum Gasteiger partial charge on any atom is -0.494 e. The van der Waals surface area contributed by atoms with Gasteiger partial charge in [0, 0.05) is 17.1 Å². The first kappa shape index (κ1) is 28.0. The van der Waals surface area contributed by atoms with Crippen molar-refractivity contribution in [2.75, 3.05) is 37.1 Å². The van der Waals surface area contributed by atoms with E-state index in [0.29, 0.717) is 39.7 Å². The highest BCUT2D eigenvalue weighted by atomic mass is 31.2. The molecule has 0 saturated carbocycles. The molecule has 12 heteroatoms. The second-order valence-corrected chi connectivity index (χ2v) is 10.2. The Balaban J connectivity index is 1.55. The van der Waals surface area contributed by atoms with Crippen molar-refractivity contribution < 1.29 is 32.3 Å². The Labute approximate surface area is 225 Å². The number of nitrogens with one attached hydrogen (secondary N) is 2. The van der Waals surface area contributed by atoms with E-state index in [2.05, 4.69) is 20.6 Å². The van der Waals surface area contributed by atoms with E-state index in [0.717, 1.165) is 5.69 Å². The summed E-state index contributed by atoms with van der Waals surface area (Å²) in [5.74, 6) is 1.05. The molecule has 0 fully saturated rings. The van der Waals surface area contributed by atoms with E-state index in [1.807, 2.05) is 0 Å². The maximum absolute atomic E-state index is 13.1. The molecular formula is C27H28FN4O6P. The zero-order valence-electron chi connectivity index (χ0n) is 21.6. The molecule has 1 amide bonds. The lowest BCUT2D eigenvalue weighted by molar-refractivity contribution is -0.114. The maximum atomic E-state index is 13.1. The molecule has 0 bridgehead atoms. The molecule has 0 aliphatic carbocycles. The Hall–Kier alpha value is -4.05. The number of carbonyl (C=O) groups excluding carboxylic acids is 1. The van der Waals surface area contributed by atoms with Gasteiger partial charge in [0.05, 0.1) is 31.5 Å². The van der Waals surface area contributed by atoms with E-state index < -0.39 is 19.7 Å². The Bertz CT molecular complexity index is 1470. The number of nitrogens with zero attached hydrogens (tertiary/aromatic N) is 2. The van der Waals surface area contributed by atoms with Gasteiger partial charge in [-0.05, 0) is 68.4 Å². The van der Waals surface area contributed by atoms with Crippen LogP contribution in [0.2, 0.25) is 0 Å². The zero-order chi connectivity index (χ0) is 27.8. The Kier molecular flexibility index (Phi) is 9.08. The fraction of sp³-hybridized carbons (Fsp3) is 0.222. The van der Waals surface area contributed by atoms with Crippen molar-refractivity contribution in [1.82, 2.24) is 9.97 Å². The number of hydrogen-bond acceptors (Lipinski definition) is 9. The Morgan fingerprint density at radius 3 is 2.21 bits per heavy atom. The predicted molar refractivity (Wildman–Crippen MR) is 147 cm³/mol. The summed E-state index contributed by atoms with van der Waals surface area (Å²) in [5, 5.41) is 6.58. The van der Waals surface area contributed by atoms with Gasteiger partial charge in [0.2, 0.25) is 5.91 Å². The Morgan fingerprint density at radius 1 is 0.949 bits per heavy atom. The van der Waals surface area contributed by atoms with Crippen LogP contribution in [0.5, 0.6) is 17.2 Å². The summed E-state index contributed by atoms with van der Waals surface area (Å²) in [6.07, 6.45) is 0.966. The molecule has 204 valence electrons. The highest BCUT2D eigenvalue weighted by molar-refractivity contribution is 7.54. The van der Waals surface area contributed by atoms with Gasteiger partial charge in [-0.1, -0.05) is 0 Å². The van der Waals surface area contributed by atoms with E-state index in [1.54, 1.807) is 62.4 Å². The number of aromatic nitrogens is 2. The number of methoxy groups -OCH3 is 1. The van der Waals surface area contributed by atoms with Crippen LogP contribution in [0.3, 0.4) is 0 Å². The number of halogens is 1. The van der Waals surface area contributed by atoms with Crippen molar-refractivity contribution in [3.05, 3.63) is 72.8 Å². The largest absolute Gasteiger partial charge is 0.494 e. The van der Waals surface area contributed by atoms with Crippen LogP contribution in [0.25, 0.3) is 10.9 Å². The maximum Gasteiger partial charge on any atom is 0.340 e. The van der Waals surface area contributed by atoms with E-state index in [4.69, 9.17) is 18.5 Å². The highest BCUT2D eigenvalue weighted by Crippen LogP contribution is 2.48. The first-order valence-corrected chi connectivity index (χ1v) is 13.9. The van der Waals surface area contributed by atoms with Crippen molar-refractivity contribution >= 4 is 41.6 Å². The van der Waals surface area contributed by atoms with Gasteiger partial charge in [0.1, 0.15) is 41.4 Å². The van der Waals surface area contributed by atoms with E-state index in [-0.39, 0.29) is 19.0 Å². The van der Waals surface area contributed by atoms with E-state index in [1.165, 1.54) is 25.6 Å². The van der Waals surface area contributed by atoms with Gasteiger partial charge in [-0.25, -0.2) is 14.4 Å². The topological polar surface area (TPSA) is 121 Å². The molecule has 0 spiro atoms. The minimum atomic E-state index is -3.59. The normalized spacial score (nSPS) is 11.3. The molecule has 1 aromatic heterocycles. The molecule has 0 aliphatic rings. The summed E-state index contributed by atoms with van der Waals surface area (Å²) < 4.78 is 47.5. The zero-order valence-corrected chi connectivity index (χ0v) is 22.5. The average molecular weight is 555 g/mol. The number of amides is 1. The van der Waals surface area contributed by atoms with Crippen molar-refractivity contribution in [2.24, 2.45) is 0 Å². The number of benzene rings is 3. The van der Waals surface area contributed by atoms with E-state index in [9.17, 15) is 13.8 Å². The fourth-order valence-corrected chi connectivity index (χ4v) is 5.19. The van der Waals surface area contributed by atoms with Gasteiger partial charge in [0.25, 0.3) is 0 Å². The fourth-order valence-electron chi connectivity index (χ4n) is 3.72. The molecule has 0 unspecified atom stereocenters. The molecule has 10 nitrogen and oxygen atoms in total. The van der Waals surface area contributed by atoms with Gasteiger partial charge in [0.15, 0.2) is 0 Å². The van der Waals surface area contributed by atoms with Gasteiger partial charge in [-0.3, -0.25) is 9.36 Å².